The third-order valence-electron chi connectivity index (χ3n) is 4.90. The van der Waals surface area contributed by atoms with E-state index in [0.29, 0.717) is 31.2 Å². The number of hydrogen-bond acceptors (Lipinski definition) is 4. The Morgan fingerprint density at radius 3 is 2.34 bits per heavy atom. The van der Waals surface area contributed by atoms with Gasteiger partial charge in [0.2, 0.25) is 10.0 Å². The van der Waals surface area contributed by atoms with Crippen molar-refractivity contribution >= 4 is 39.1 Å². The summed E-state index contributed by atoms with van der Waals surface area (Å²) in [4.78, 5) is 17.0. The molecule has 0 unspecified atom stereocenters. The van der Waals surface area contributed by atoms with Crippen LogP contribution in [0.1, 0.15) is 15.9 Å². The summed E-state index contributed by atoms with van der Waals surface area (Å²) in [6.45, 7) is 3.28. The number of carbonyl (C=O) groups excluding carboxylic acids is 1. The van der Waals surface area contributed by atoms with Crippen molar-refractivity contribution in [3.63, 3.8) is 0 Å². The zero-order chi connectivity index (χ0) is 21.2. The van der Waals surface area contributed by atoms with E-state index in [2.05, 4.69) is 4.90 Å². The van der Waals surface area contributed by atoms with Crippen LogP contribution in [0.3, 0.4) is 0 Å². The molecule has 2 aromatic carbocycles. The zero-order valence-electron chi connectivity index (χ0n) is 16.3. The third-order valence-corrected chi connectivity index (χ3v) is 7.28. The van der Waals surface area contributed by atoms with Crippen molar-refractivity contribution in [3.8, 4) is 0 Å². The second kappa shape index (κ2) is 9.02. The van der Waals surface area contributed by atoms with Gasteiger partial charge in [0.25, 0.3) is 5.91 Å². The van der Waals surface area contributed by atoms with Crippen molar-refractivity contribution in [1.29, 1.82) is 0 Å². The Hall–Kier alpha value is -1.64. The minimum absolute atomic E-state index is 0.0508. The van der Waals surface area contributed by atoms with Crippen LogP contribution in [0.25, 0.3) is 0 Å². The first-order chi connectivity index (χ1) is 13.7. The Morgan fingerprint density at radius 2 is 1.72 bits per heavy atom. The van der Waals surface area contributed by atoms with Crippen LogP contribution in [0.4, 0.5) is 0 Å². The lowest BCUT2D eigenvalue weighted by atomic mass is 10.1. The van der Waals surface area contributed by atoms with Crippen LogP contribution in [0.15, 0.2) is 47.4 Å². The molecule has 0 atom stereocenters. The van der Waals surface area contributed by atoms with Gasteiger partial charge >= 0.3 is 0 Å². The van der Waals surface area contributed by atoms with E-state index in [1.54, 1.807) is 4.90 Å². The summed E-state index contributed by atoms with van der Waals surface area (Å²) in [5.74, 6) is -0.256. The molecule has 1 heterocycles. The fourth-order valence-corrected chi connectivity index (χ4v) is 4.55. The minimum atomic E-state index is -3.64. The predicted octanol–water partition coefficient (Wildman–Crippen LogP) is 3.20. The molecule has 1 fully saturated rings. The van der Waals surface area contributed by atoms with Crippen molar-refractivity contribution in [2.24, 2.45) is 0 Å². The molecule has 0 radical (unpaired) electrons. The lowest BCUT2D eigenvalue weighted by molar-refractivity contribution is 0.0628. The van der Waals surface area contributed by atoms with E-state index in [-0.39, 0.29) is 21.4 Å². The van der Waals surface area contributed by atoms with Gasteiger partial charge in [0.1, 0.15) is 0 Å². The summed E-state index contributed by atoms with van der Waals surface area (Å²) in [5, 5.41) is 0.951. The molecule has 29 heavy (non-hydrogen) atoms. The second-order valence-electron chi connectivity index (χ2n) is 7.13. The molecule has 9 heteroatoms. The summed E-state index contributed by atoms with van der Waals surface area (Å²) < 4.78 is 25.9. The van der Waals surface area contributed by atoms with E-state index >= 15 is 0 Å². The van der Waals surface area contributed by atoms with Gasteiger partial charge in [0.15, 0.2) is 0 Å². The maximum Gasteiger partial charge on any atom is 0.255 e. The number of carbonyl (C=O) groups is 1. The van der Waals surface area contributed by atoms with Gasteiger partial charge in [-0.15, -0.1) is 0 Å². The summed E-state index contributed by atoms with van der Waals surface area (Å²) in [5.41, 5.74) is 1.33. The first-order valence-electron chi connectivity index (χ1n) is 9.16. The van der Waals surface area contributed by atoms with E-state index in [4.69, 9.17) is 23.2 Å². The van der Waals surface area contributed by atoms with E-state index in [9.17, 15) is 13.2 Å². The molecular weight excluding hydrogens is 433 g/mol. The molecular formula is C20H23Cl2N3O3S. The maximum absolute atomic E-state index is 13.0. The van der Waals surface area contributed by atoms with Gasteiger partial charge < -0.3 is 4.90 Å². The van der Waals surface area contributed by atoms with Crippen molar-refractivity contribution in [1.82, 2.24) is 14.1 Å². The van der Waals surface area contributed by atoms with Gasteiger partial charge in [0, 0.05) is 51.8 Å². The Bertz CT molecular complexity index is 1000. The Morgan fingerprint density at radius 1 is 1.03 bits per heavy atom. The molecule has 0 bridgehead atoms. The molecule has 1 saturated heterocycles. The van der Waals surface area contributed by atoms with E-state index in [1.807, 2.05) is 24.3 Å². The van der Waals surface area contributed by atoms with Crippen molar-refractivity contribution < 1.29 is 13.2 Å². The summed E-state index contributed by atoms with van der Waals surface area (Å²) in [6.07, 6.45) is 0. The summed E-state index contributed by atoms with van der Waals surface area (Å²) in [6, 6.07) is 12.0. The van der Waals surface area contributed by atoms with Gasteiger partial charge in [-0.25, -0.2) is 12.7 Å². The van der Waals surface area contributed by atoms with Crippen molar-refractivity contribution in [3.05, 3.63) is 63.6 Å². The number of halogens is 2. The molecule has 0 aromatic heterocycles. The number of hydrogen-bond donors (Lipinski definition) is 0. The molecule has 1 amide bonds. The van der Waals surface area contributed by atoms with Crippen LogP contribution >= 0.6 is 23.2 Å². The first kappa shape index (κ1) is 22.1. The SMILES string of the molecule is CN(C)S(=O)(=O)c1ccc(Cl)c(C(=O)N2CCN(Cc3cccc(Cl)c3)CC2)c1. The molecule has 156 valence electrons. The second-order valence-corrected chi connectivity index (χ2v) is 10.1. The molecule has 1 aliphatic rings. The monoisotopic (exact) mass is 455 g/mol. The quantitative estimate of drug-likeness (QED) is 0.694. The van der Waals surface area contributed by atoms with Crippen molar-refractivity contribution in [2.75, 3.05) is 40.3 Å². The van der Waals surface area contributed by atoms with Gasteiger partial charge in [-0.1, -0.05) is 35.3 Å². The minimum Gasteiger partial charge on any atom is -0.336 e. The van der Waals surface area contributed by atoms with Gasteiger partial charge in [-0.3, -0.25) is 9.69 Å². The third kappa shape index (κ3) is 5.10. The lowest BCUT2D eigenvalue weighted by Gasteiger charge is -2.35. The summed E-state index contributed by atoms with van der Waals surface area (Å²) in [7, 11) is -0.744. The number of amides is 1. The standard InChI is InChI=1S/C20H23Cl2N3O3S/c1-23(2)29(27,28)17-6-7-19(22)18(13-17)20(26)25-10-8-24(9-11-25)14-15-4-3-5-16(21)12-15/h3-7,12-13H,8-11,14H2,1-2H3. The predicted molar refractivity (Wildman–Crippen MR) is 115 cm³/mol. The largest absolute Gasteiger partial charge is 0.336 e. The van der Waals surface area contributed by atoms with Gasteiger partial charge in [0.05, 0.1) is 15.5 Å². The number of nitrogens with zero attached hydrogens (tertiary/aromatic N) is 3. The molecule has 3 rings (SSSR count). The highest BCUT2D eigenvalue weighted by atomic mass is 35.5. The molecule has 6 nitrogen and oxygen atoms in total. The van der Waals surface area contributed by atoms with Crippen molar-refractivity contribution in [2.45, 2.75) is 11.4 Å². The summed E-state index contributed by atoms with van der Waals surface area (Å²) >= 11 is 12.3. The van der Waals surface area contributed by atoms with Gasteiger partial charge in [-0.05, 0) is 35.9 Å². The highest BCUT2D eigenvalue weighted by Crippen LogP contribution is 2.24. The zero-order valence-corrected chi connectivity index (χ0v) is 18.6. The fraction of sp³-hybridized carbons (Fsp3) is 0.350. The van der Waals surface area contributed by atoms with Crippen LogP contribution in [0.5, 0.6) is 0 Å². The Balaban J connectivity index is 1.69. The molecule has 0 spiro atoms. The Kier molecular flexibility index (Phi) is 6.86. The molecule has 0 N–H and O–H groups in total. The molecule has 1 aliphatic heterocycles. The fourth-order valence-electron chi connectivity index (χ4n) is 3.21. The topological polar surface area (TPSA) is 60.9 Å². The normalized spacial score (nSPS) is 15.7. The van der Waals surface area contributed by atoms with Crippen LogP contribution in [0, 0.1) is 0 Å². The van der Waals surface area contributed by atoms with Crippen LogP contribution < -0.4 is 0 Å². The van der Waals surface area contributed by atoms with Crippen LogP contribution in [-0.4, -0.2) is 68.7 Å². The highest BCUT2D eigenvalue weighted by molar-refractivity contribution is 7.89. The average molecular weight is 456 g/mol. The number of rotatable bonds is 5. The maximum atomic E-state index is 13.0. The van der Waals surface area contributed by atoms with Gasteiger partial charge in [-0.2, -0.15) is 0 Å². The average Bonchev–Trinajstić information content (AvgIpc) is 2.68. The van der Waals surface area contributed by atoms with E-state index in [0.717, 1.165) is 16.4 Å². The number of sulfonamides is 1. The lowest BCUT2D eigenvalue weighted by Crippen LogP contribution is -2.48. The smallest absolute Gasteiger partial charge is 0.255 e. The highest BCUT2D eigenvalue weighted by Gasteiger charge is 2.26. The molecule has 2 aromatic rings. The first-order valence-corrected chi connectivity index (χ1v) is 11.4. The molecule has 0 aliphatic carbocycles. The van der Waals surface area contributed by atoms with Crippen LogP contribution in [0.2, 0.25) is 10.0 Å². The van der Waals surface area contributed by atoms with E-state index in [1.165, 1.54) is 32.3 Å². The molecule has 0 saturated carbocycles. The van der Waals surface area contributed by atoms with Crippen LogP contribution in [-0.2, 0) is 16.6 Å². The number of piperazine rings is 1. The Labute approximate surface area is 181 Å². The van der Waals surface area contributed by atoms with E-state index < -0.39 is 10.0 Å². The number of benzene rings is 2.